The van der Waals surface area contributed by atoms with Gasteiger partial charge in [0.15, 0.2) is 0 Å². The van der Waals surface area contributed by atoms with Gasteiger partial charge in [0, 0.05) is 18.5 Å². The van der Waals surface area contributed by atoms with E-state index in [0.717, 1.165) is 4.90 Å². The number of rotatable bonds is 3. The van der Waals surface area contributed by atoms with E-state index < -0.39 is 25.1 Å². The lowest BCUT2D eigenvalue weighted by atomic mass is 9.94. The highest BCUT2D eigenvalue weighted by atomic mass is 16.3. The van der Waals surface area contributed by atoms with E-state index in [1.165, 1.54) is 0 Å². The quantitative estimate of drug-likeness (QED) is 0.896. The topological polar surface area (TPSA) is 23.5 Å². The Kier molecular flexibility index (Phi) is 1.94. The van der Waals surface area contributed by atoms with Gasteiger partial charge in [0.2, 0.25) is 0 Å². The molecule has 0 aliphatic carbocycles. The molecule has 1 heterocycles. The van der Waals surface area contributed by atoms with Crippen LogP contribution in [-0.4, -0.2) is 29.1 Å². The van der Waals surface area contributed by atoms with Crippen molar-refractivity contribution in [2.75, 3.05) is 13.0 Å². The minimum absolute atomic E-state index is 0.696. The fraction of sp³-hybridized carbons (Fsp3) is 0.250. The van der Waals surface area contributed by atoms with Crippen LogP contribution in [-0.2, 0) is 0 Å². The summed E-state index contributed by atoms with van der Waals surface area (Å²) >= 11 is 0. The molecule has 1 aliphatic heterocycles. The van der Waals surface area contributed by atoms with Crippen LogP contribution in [0.5, 0.6) is 0 Å². The van der Waals surface area contributed by atoms with Crippen LogP contribution in [0, 0.1) is 0 Å². The lowest BCUT2D eigenvalue weighted by Crippen LogP contribution is -2.52. The van der Waals surface area contributed by atoms with E-state index in [1.807, 2.05) is 12.1 Å². The van der Waals surface area contributed by atoms with Gasteiger partial charge in [-0.1, -0.05) is 60.7 Å². The van der Waals surface area contributed by atoms with E-state index in [0.29, 0.717) is 11.1 Å². The Morgan fingerprint density at radius 2 is 1.44 bits per heavy atom. The highest BCUT2D eigenvalue weighted by Crippen LogP contribution is 2.31. The fourth-order valence-electron chi connectivity index (χ4n) is 2.12. The highest BCUT2D eigenvalue weighted by Gasteiger charge is 2.32. The highest BCUT2D eigenvalue weighted by molar-refractivity contribution is 5.32. The van der Waals surface area contributed by atoms with E-state index in [9.17, 15) is 5.11 Å². The number of aliphatic hydroxyl groups is 1. The van der Waals surface area contributed by atoms with Crippen molar-refractivity contribution in [3.63, 3.8) is 0 Å². The Labute approximate surface area is 115 Å². The van der Waals surface area contributed by atoms with Crippen LogP contribution < -0.4 is 0 Å². The first-order valence-electron chi connectivity index (χ1n) is 8.33. The third-order valence-corrected chi connectivity index (χ3v) is 2.94. The Morgan fingerprint density at radius 1 is 1.00 bits per heavy atom. The maximum absolute atomic E-state index is 9.96. The summed E-state index contributed by atoms with van der Waals surface area (Å²) in [5.41, 5.74) is 1.39. The molecule has 2 nitrogen and oxygen atoms in total. The number of nitrogens with zero attached hydrogens (tertiary/aromatic N) is 1. The van der Waals surface area contributed by atoms with Crippen molar-refractivity contribution >= 4 is 0 Å². The van der Waals surface area contributed by atoms with Crippen molar-refractivity contribution in [3.8, 4) is 0 Å². The SMILES string of the molecule is [2H]C1([2H])N(C(c2ccccc2)c2ccccc2)C([2H])([2H])C1([2H])O. The summed E-state index contributed by atoms with van der Waals surface area (Å²) in [6, 6.07) is 17.2. The number of hydrogen-bond acceptors (Lipinski definition) is 2. The zero-order chi connectivity index (χ0) is 16.9. The minimum Gasteiger partial charge on any atom is -0.390 e. The van der Waals surface area contributed by atoms with Crippen molar-refractivity contribution in [3.05, 3.63) is 71.8 Å². The molecule has 18 heavy (non-hydrogen) atoms. The molecule has 0 atom stereocenters. The van der Waals surface area contributed by atoms with Crippen molar-refractivity contribution in [1.82, 2.24) is 4.90 Å². The summed E-state index contributed by atoms with van der Waals surface area (Å²) in [7, 11) is 0. The predicted molar refractivity (Wildman–Crippen MR) is 72.3 cm³/mol. The second kappa shape index (κ2) is 4.92. The van der Waals surface area contributed by atoms with Crippen LogP contribution in [0.1, 0.15) is 24.0 Å². The first-order chi connectivity index (χ1) is 10.7. The Balaban J connectivity index is 2.14. The predicted octanol–water partition coefficient (Wildman–Crippen LogP) is 2.45. The molecule has 0 spiro atoms. The molecule has 1 N–H and O–H groups in total. The van der Waals surface area contributed by atoms with E-state index in [2.05, 4.69) is 0 Å². The smallest absolute Gasteiger partial charge is 0.0794 e. The normalized spacial score (nSPS) is 28.2. The fourth-order valence-corrected chi connectivity index (χ4v) is 2.12. The molecule has 0 amide bonds. The largest absolute Gasteiger partial charge is 0.390 e. The van der Waals surface area contributed by atoms with Crippen LogP contribution in [0.3, 0.4) is 0 Å². The number of likely N-dealkylation sites (tertiary alicyclic amines) is 1. The first kappa shape index (κ1) is 7.07. The van der Waals surface area contributed by atoms with Crippen LogP contribution in [0.15, 0.2) is 60.7 Å². The molecule has 2 heteroatoms. The minimum atomic E-state index is -2.83. The second-order valence-electron chi connectivity index (χ2n) is 4.17. The standard InChI is InChI=1S/C16H17NO/c18-15-11-17(12-15)16(13-7-3-1-4-8-13)14-9-5-2-6-10-14/h1-10,15-16,18H,11-12H2/i11D2,12D2,15D. The second-order valence-corrected chi connectivity index (χ2v) is 4.17. The summed E-state index contributed by atoms with van der Waals surface area (Å²) in [5.74, 6) is 0. The zero-order valence-corrected chi connectivity index (χ0v) is 9.75. The molecule has 0 aromatic heterocycles. The third kappa shape index (κ3) is 2.17. The molecule has 0 bridgehead atoms. The molecular formula is C16H17NO. The first-order valence-corrected chi connectivity index (χ1v) is 5.83. The van der Waals surface area contributed by atoms with Gasteiger partial charge < -0.3 is 5.11 Å². The molecule has 0 saturated carbocycles. The molecule has 2 aromatic rings. The molecule has 3 rings (SSSR count). The average Bonchev–Trinajstić information content (AvgIpc) is 2.53. The van der Waals surface area contributed by atoms with Crippen molar-refractivity contribution in [2.45, 2.75) is 12.1 Å². The maximum atomic E-state index is 9.96. The maximum Gasteiger partial charge on any atom is 0.0794 e. The molecule has 0 unspecified atom stereocenters. The summed E-state index contributed by atoms with van der Waals surface area (Å²) in [6.07, 6.45) is -2.83. The molecule has 1 fully saturated rings. The Bertz CT molecular complexity index is 633. The monoisotopic (exact) mass is 244 g/mol. The molecular weight excluding hydrogens is 222 g/mol. The van der Waals surface area contributed by atoms with Gasteiger partial charge in [-0.3, -0.25) is 4.90 Å². The molecule has 0 radical (unpaired) electrons. The average molecular weight is 244 g/mol. The van der Waals surface area contributed by atoms with Gasteiger partial charge in [-0.2, -0.15) is 0 Å². The van der Waals surface area contributed by atoms with E-state index in [-0.39, 0.29) is 0 Å². The lowest BCUT2D eigenvalue weighted by Gasteiger charge is -2.42. The zero-order valence-electron chi connectivity index (χ0n) is 14.7. The summed E-state index contributed by atoms with van der Waals surface area (Å²) in [6.45, 7) is -5.04. The number of hydrogen-bond donors (Lipinski definition) is 1. The van der Waals surface area contributed by atoms with Crippen LogP contribution in [0.2, 0.25) is 0 Å². The summed E-state index contributed by atoms with van der Waals surface area (Å²) < 4.78 is 39.8. The van der Waals surface area contributed by atoms with E-state index in [1.54, 1.807) is 48.5 Å². The van der Waals surface area contributed by atoms with Gasteiger partial charge in [0.05, 0.1) is 13.5 Å². The van der Waals surface area contributed by atoms with Gasteiger partial charge in [0.1, 0.15) is 0 Å². The molecule has 92 valence electrons. The van der Waals surface area contributed by atoms with Crippen molar-refractivity contribution < 1.29 is 12.0 Å². The molecule has 1 saturated heterocycles. The van der Waals surface area contributed by atoms with Crippen LogP contribution in [0.25, 0.3) is 0 Å². The van der Waals surface area contributed by atoms with Crippen LogP contribution >= 0.6 is 0 Å². The Morgan fingerprint density at radius 3 is 1.89 bits per heavy atom. The molecule has 1 aliphatic rings. The van der Waals surface area contributed by atoms with Crippen molar-refractivity contribution in [1.29, 1.82) is 0 Å². The molecule has 2 aromatic carbocycles. The van der Waals surface area contributed by atoms with Gasteiger partial charge >= 0.3 is 0 Å². The van der Waals surface area contributed by atoms with Gasteiger partial charge in [-0.15, -0.1) is 0 Å². The Hall–Kier alpha value is -1.64. The van der Waals surface area contributed by atoms with Gasteiger partial charge in [-0.05, 0) is 11.1 Å². The van der Waals surface area contributed by atoms with E-state index in [4.69, 9.17) is 6.85 Å². The van der Waals surface area contributed by atoms with E-state index >= 15 is 0 Å². The summed E-state index contributed by atoms with van der Waals surface area (Å²) in [4.78, 5) is 0.928. The van der Waals surface area contributed by atoms with Crippen molar-refractivity contribution in [2.24, 2.45) is 0 Å². The van der Waals surface area contributed by atoms with Gasteiger partial charge in [0.25, 0.3) is 0 Å². The summed E-state index contributed by atoms with van der Waals surface area (Å²) in [5, 5.41) is 9.96. The third-order valence-electron chi connectivity index (χ3n) is 2.94. The number of β-amino-alcohol motifs (C(OH)–C–C–N with tert-alkyl or cyclic N) is 1. The van der Waals surface area contributed by atoms with Crippen LogP contribution in [0.4, 0.5) is 0 Å². The van der Waals surface area contributed by atoms with Gasteiger partial charge in [-0.25, -0.2) is 0 Å². The lowest BCUT2D eigenvalue weighted by molar-refractivity contribution is -0.0160. The number of benzene rings is 2.